The van der Waals surface area contributed by atoms with E-state index in [1.165, 1.54) is 0 Å². The number of nitrogens with zero attached hydrogens (tertiary/aromatic N) is 1. The Labute approximate surface area is 110 Å². The van der Waals surface area contributed by atoms with Crippen molar-refractivity contribution in [3.8, 4) is 0 Å². The van der Waals surface area contributed by atoms with Gasteiger partial charge in [-0.2, -0.15) is 0 Å². The van der Waals surface area contributed by atoms with Gasteiger partial charge in [0.15, 0.2) is 0 Å². The van der Waals surface area contributed by atoms with Crippen molar-refractivity contribution in [2.24, 2.45) is 5.73 Å². The van der Waals surface area contributed by atoms with E-state index in [0.717, 1.165) is 5.56 Å². The molecule has 1 aromatic carbocycles. The zero-order valence-corrected chi connectivity index (χ0v) is 10.3. The second kappa shape index (κ2) is 5.51. The average molecular weight is 262 g/mol. The van der Waals surface area contributed by atoms with E-state index in [0.29, 0.717) is 22.8 Å². The lowest BCUT2D eigenvalue weighted by atomic mass is 10.2. The normalized spacial score (nSPS) is 10.1. The molecular formula is C13H12ClN3O. The van der Waals surface area contributed by atoms with Gasteiger partial charge in [-0.15, -0.1) is 0 Å². The summed E-state index contributed by atoms with van der Waals surface area (Å²) in [7, 11) is 0. The summed E-state index contributed by atoms with van der Waals surface area (Å²) in [5, 5.41) is 3.71. The van der Waals surface area contributed by atoms with Crippen molar-refractivity contribution in [1.82, 2.24) is 4.98 Å². The Kier molecular flexibility index (Phi) is 3.79. The Morgan fingerprint density at radius 1 is 1.28 bits per heavy atom. The quantitative estimate of drug-likeness (QED) is 0.888. The van der Waals surface area contributed by atoms with Gasteiger partial charge >= 0.3 is 0 Å². The van der Waals surface area contributed by atoms with Gasteiger partial charge < -0.3 is 11.1 Å². The van der Waals surface area contributed by atoms with E-state index in [9.17, 15) is 4.79 Å². The number of carbonyl (C=O) groups excluding carboxylic acids is 1. The Bertz CT molecular complexity index is 557. The summed E-state index contributed by atoms with van der Waals surface area (Å²) >= 11 is 6.04. The van der Waals surface area contributed by atoms with Gasteiger partial charge in [0, 0.05) is 24.5 Å². The molecule has 0 bridgehead atoms. The lowest BCUT2D eigenvalue weighted by Gasteiger charge is -2.09. The van der Waals surface area contributed by atoms with Crippen LogP contribution in [-0.2, 0) is 6.54 Å². The molecule has 0 saturated heterocycles. The number of aromatic nitrogens is 1. The Morgan fingerprint density at radius 2 is 2.00 bits per heavy atom. The zero-order chi connectivity index (χ0) is 13.0. The smallest absolute Gasteiger partial charge is 0.248 e. The fourth-order valence-corrected chi connectivity index (χ4v) is 1.70. The topological polar surface area (TPSA) is 68.0 Å². The van der Waals surface area contributed by atoms with E-state index in [4.69, 9.17) is 17.3 Å². The minimum Gasteiger partial charge on any atom is -0.380 e. The molecule has 2 rings (SSSR count). The van der Waals surface area contributed by atoms with Crippen LogP contribution < -0.4 is 11.1 Å². The number of hydrogen-bond donors (Lipinski definition) is 2. The molecule has 0 aliphatic rings. The molecule has 0 spiro atoms. The number of carbonyl (C=O) groups is 1. The van der Waals surface area contributed by atoms with Crippen LogP contribution in [0.25, 0.3) is 0 Å². The van der Waals surface area contributed by atoms with E-state index >= 15 is 0 Å². The van der Waals surface area contributed by atoms with Crippen molar-refractivity contribution in [2.45, 2.75) is 6.54 Å². The zero-order valence-electron chi connectivity index (χ0n) is 9.56. The molecule has 1 heterocycles. The number of halogens is 1. The first-order chi connectivity index (χ1) is 8.66. The molecule has 0 radical (unpaired) electrons. The minimum absolute atomic E-state index is 0.427. The molecule has 0 atom stereocenters. The predicted molar refractivity (Wildman–Crippen MR) is 71.5 cm³/mol. The lowest BCUT2D eigenvalue weighted by molar-refractivity contribution is 0.100. The summed E-state index contributed by atoms with van der Waals surface area (Å²) < 4.78 is 0. The van der Waals surface area contributed by atoms with E-state index in [1.807, 2.05) is 12.1 Å². The number of nitrogens with one attached hydrogen (secondary N) is 1. The molecular weight excluding hydrogens is 250 g/mol. The second-order valence-electron chi connectivity index (χ2n) is 3.77. The van der Waals surface area contributed by atoms with Crippen molar-refractivity contribution in [3.63, 3.8) is 0 Å². The highest BCUT2D eigenvalue weighted by Gasteiger charge is 2.05. The van der Waals surface area contributed by atoms with E-state index in [2.05, 4.69) is 10.3 Å². The fraction of sp³-hybridized carbons (Fsp3) is 0.0769. The highest BCUT2D eigenvalue weighted by atomic mass is 35.5. The number of pyridine rings is 1. The summed E-state index contributed by atoms with van der Waals surface area (Å²) in [6, 6.07) is 8.70. The van der Waals surface area contributed by atoms with Crippen LogP contribution in [0.4, 0.5) is 5.69 Å². The molecule has 1 amide bonds. The maximum absolute atomic E-state index is 11.1. The van der Waals surface area contributed by atoms with Gasteiger partial charge in [0.25, 0.3) is 0 Å². The van der Waals surface area contributed by atoms with Crippen molar-refractivity contribution < 1.29 is 4.79 Å². The van der Waals surface area contributed by atoms with Crippen LogP contribution >= 0.6 is 11.6 Å². The summed E-state index contributed by atoms with van der Waals surface area (Å²) in [5.41, 5.74) is 7.41. The van der Waals surface area contributed by atoms with Gasteiger partial charge in [-0.25, -0.2) is 0 Å². The van der Waals surface area contributed by atoms with Crippen molar-refractivity contribution in [2.75, 3.05) is 5.32 Å². The first-order valence-corrected chi connectivity index (χ1v) is 5.77. The molecule has 1 aromatic heterocycles. The highest BCUT2D eigenvalue weighted by Crippen LogP contribution is 2.23. The summed E-state index contributed by atoms with van der Waals surface area (Å²) in [4.78, 5) is 15.0. The first-order valence-electron chi connectivity index (χ1n) is 5.39. The second-order valence-corrected chi connectivity index (χ2v) is 4.18. The predicted octanol–water partition coefficient (Wildman–Crippen LogP) is 2.45. The van der Waals surface area contributed by atoms with Crippen LogP contribution in [0.3, 0.4) is 0 Å². The van der Waals surface area contributed by atoms with Crippen LogP contribution in [0.15, 0.2) is 42.7 Å². The Morgan fingerprint density at radius 3 is 2.67 bits per heavy atom. The minimum atomic E-state index is -0.473. The third kappa shape index (κ3) is 2.99. The molecule has 3 N–H and O–H groups in total. The van der Waals surface area contributed by atoms with Gasteiger partial charge in [0.05, 0.1) is 10.7 Å². The Hall–Kier alpha value is -2.07. The number of amides is 1. The summed E-state index contributed by atoms with van der Waals surface area (Å²) in [6.07, 6.45) is 3.44. The number of nitrogens with two attached hydrogens (primary N) is 1. The monoisotopic (exact) mass is 261 g/mol. The number of primary amides is 1. The molecule has 0 unspecified atom stereocenters. The largest absolute Gasteiger partial charge is 0.380 e. The van der Waals surface area contributed by atoms with Gasteiger partial charge in [-0.3, -0.25) is 9.78 Å². The van der Waals surface area contributed by atoms with Gasteiger partial charge in [0.2, 0.25) is 5.91 Å². The molecule has 0 aliphatic carbocycles. The molecule has 5 heteroatoms. The highest BCUT2D eigenvalue weighted by molar-refractivity contribution is 6.33. The molecule has 2 aromatic rings. The van der Waals surface area contributed by atoms with Crippen LogP contribution in [0.1, 0.15) is 15.9 Å². The number of hydrogen-bond acceptors (Lipinski definition) is 3. The molecule has 4 nitrogen and oxygen atoms in total. The first kappa shape index (κ1) is 12.4. The van der Waals surface area contributed by atoms with Crippen LogP contribution in [0.5, 0.6) is 0 Å². The fourth-order valence-electron chi connectivity index (χ4n) is 1.51. The van der Waals surface area contributed by atoms with Gasteiger partial charge in [-0.1, -0.05) is 11.6 Å². The standard InChI is InChI=1S/C13H12ClN3O/c14-11-2-1-10(13(15)18)7-12(11)17-8-9-3-5-16-6-4-9/h1-7,17H,8H2,(H2,15,18). The van der Waals surface area contributed by atoms with Crippen LogP contribution in [0, 0.1) is 0 Å². The SMILES string of the molecule is NC(=O)c1ccc(Cl)c(NCc2ccncc2)c1. The van der Waals surface area contributed by atoms with Crippen molar-refractivity contribution in [1.29, 1.82) is 0 Å². The summed E-state index contributed by atoms with van der Waals surface area (Å²) in [6.45, 7) is 0.602. The molecule has 92 valence electrons. The Balaban J connectivity index is 2.14. The number of rotatable bonds is 4. The van der Waals surface area contributed by atoms with Crippen molar-refractivity contribution >= 4 is 23.2 Å². The van der Waals surface area contributed by atoms with Crippen molar-refractivity contribution in [3.05, 3.63) is 58.9 Å². The molecule has 0 saturated carbocycles. The third-order valence-electron chi connectivity index (χ3n) is 2.48. The van der Waals surface area contributed by atoms with Crippen LogP contribution in [0.2, 0.25) is 5.02 Å². The molecule has 0 aliphatic heterocycles. The lowest BCUT2D eigenvalue weighted by Crippen LogP contribution is -2.11. The van der Waals surface area contributed by atoms with Gasteiger partial charge in [-0.05, 0) is 35.9 Å². The van der Waals surface area contributed by atoms with E-state index < -0.39 is 5.91 Å². The summed E-state index contributed by atoms with van der Waals surface area (Å²) in [5.74, 6) is -0.473. The van der Waals surface area contributed by atoms with Crippen LogP contribution in [-0.4, -0.2) is 10.9 Å². The average Bonchev–Trinajstić information content (AvgIpc) is 2.38. The molecule has 18 heavy (non-hydrogen) atoms. The third-order valence-corrected chi connectivity index (χ3v) is 2.81. The van der Waals surface area contributed by atoms with E-state index in [-0.39, 0.29) is 0 Å². The van der Waals surface area contributed by atoms with E-state index in [1.54, 1.807) is 30.6 Å². The molecule has 0 fully saturated rings. The number of benzene rings is 1. The maximum atomic E-state index is 11.1. The number of anilines is 1. The van der Waals surface area contributed by atoms with Gasteiger partial charge in [0.1, 0.15) is 0 Å². The maximum Gasteiger partial charge on any atom is 0.248 e.